The van der Waals surface area contributed by atoms with E-state index < -0.39 is 11.0 Å². The minimum atomic E-state index is -0.739. The van der Waals surface area contributed by atoms with Gasteiger partial charge in [0, 0.05) is 10.0 Å². The molecule has 0 bridgehead atoms. The van der Waals surface area contributed by atoms with Crippen LogP contribution in [0.2, 0.25) is 10.0 Å². The molecule has 0 fully saturated rings. The van der Waals surface area contributed by atoms with Crippen molar-refractivity contribution in [1.82, 2.24) is 19.6 Å². The third kappa shape index (κ3) is 4.41. The average Bonchev–Trinajstić information content (AvgIpc) is 3.25. The van der Waals surface area contributed by atoms with E-state index in [1.165, 1.54) is 10.9 Å². The van der Waals surface area contributed by atoms with Gasteiger partial charge in [0.1, 0.15) is 18.4 Å². The molecule has 2 aromatic heterocycles. The lowest BCUT2D eigenvalue weighted by Gasteiger charge is -2.13. The van der Waals surface area contributed by atoms with Gasteiger partial charge in [0.25, 0.3) is 0 Å². The quantitative estimate of drug-likeness (QED) is 0.460. The highest BCUT2D eigenvalue weighted by molar-refractivity contribution is 6.35. The van der Waals surface area contributed by atoms with Crippen molar-refractivity contribution in [2.75, 3.05) is 5.32 Å². The van der Waals surface area contributed by atoms with E-state index in [0.717, 1.165) is 17.5 Å². The first-order chi connectivity index (χ1) is 13.7. The van der Waals surface area contributed by atoms with E-state index in [-0.39, 0.29) is 11.6 Å². The van der Waals surface area contributed by atoms with Gasteiger partial charge in [0.05, 0.1) is 28.5 Å². The first-order valence-electron chi connectivity index (χ1n) is 8.64. The number of halogens is 2. The lowest BCUT2D eigenvalue weighted by atomic mass is 10.2. The number of carbonyl (C=O) groups excluding carboxylic acids is 1. The Morgan fingerprint density at radius 2 is 2.07 bits per heavy atom. The average molecular weight is 437 g/mol. The predicted molar refractivity (Wildman–Crippen MR) is 109 cm³/mol. The minimum Gasteiger partial charge on any atom is -0.321 e. The molecule has 0 radical (unpaired) electrons. The number of aryl methyl sites for hydroxylation is 1. The van der Waals surface area contributed by atoms with Crippen molar-refractivity contribution in [1.29, 1.82) is 0 Å². The number of aromatic nitrogens is 4. The van der Waals surface area contributed by atoms with E-state index in [1.807, 2.05) is 13.0 Å². The van der Waals surface area contributed by atoms with Gasteiger partial charge in [-0.25, -0.2) is 0 Å². The summed E-state index contributed by atoms with van der Waals surface area (Å²) in [5.74, 6) is -0.363. The summed E-state index contributed by atoms with van der Waals surface area (Å²) < 4.78 is 2.99. The van der Waals surface area contributed by atoms with Crippen molar-refractivity contribution in [2.24, 2.45) is 0 Å². The number of rotatable bonds is 6. The van der Waals surface area contributed by atoms with Crippen molar-refractivity contribution in [3.63, 3.8) is 0 Å². The third-order valence-electron chi connectivity index (χ3n) is 4.54. The summed E-state index contributed by atoms with van der Waals surface area (Å²) in [6.07, 6.45) is 2.32. The normalized spacial score (nSPS) is 12.0. The van der Waals surface area contributed by atoms with Gasteiger partial charge in [-0.05, 0) is 38.5 Å². The van der Waals surface area contributed by atoms with Crippen LogP contribution in [-0.4, -0.2) is 30.4 Å². The summed E-state index contributed by atoms with van der Waals surface area (Å²) in [4.78, 5) is 22.9. The molecule has 3 aromatic rings. The zero-order valence-corrected chi connectivity index (χ0v) is 17.4. The maximum absolute atomic E-state index is 12.6. The number of hydrogen-bond acceptors (Lipinski definition) is 5. The van der Waals surface area contributed by atoms with E-state index >= 15 is 0 Å². The molecule has 1 atom stereocenters. The number of amides is 1. The monoisotopic (exact) mass is 436 g/mol. The molecule has 0 aliphatic carbocycles. The maximum Gasteiger partial charge on any atom is 0.307 e. The van der Waals surface area contributed by atoms with Crippen LogP contribution in [0.5, 0.6) is 0 Å². The molecule has 152 valence electrons. The molecule has 9 nitrogen and oxygen atoms in total. The highest BCUT2D eigenvalue weighted by Gasteiger charge is 2.22. The summed E-state index contributed by atoms with van der Waals surface area (Å²) >= 11 is 12.2. The van der Waals surface area contributed by atoms with E-state index in [4.69, 9.17) is 23.2 Å². The highest BCUT2D eigenvalue weighted by Crippen LogP contribution is 2.25. The minimum absolute atomic E-state index is 0.176. The molecule has 1 aromatic carbocycles. The Labute approximate surface area is 176 Å². The Hall–Kier alpha value is -2.91. The maximum atomic E-state index is 12.6. The lowest BCUT2D eigenvalue weighted by Crippen LogP contribution is -2.24. The molecule has 0 saturated heterocycles. The number of carbonyl (C=O) groups is 1. The van der Waals surface area contributed by atoms with Crippen LogP contribution < -0.4 is 5.32 Å². The molecule has 1 unspecified atom stereocenters. The summed E-state index contributed by atoms with van der Waals surface area (Å²) in [6, 6.07) is 4.50. The number of hydrogen-bond donors (Lipinski definition) is 1. The Morgan fingerprint density at radius 3 is 2.69 bits per heavy atom. The van der Waals surface area contributed by atoms with Crippen molar-refractivity contribution >= 4 is 40.5 Å². The van der Waals surface area contributed by atoms with Gasteiger partial charge in [0.2, 0.25) is 5.91 Å². The van der Waals surface area contributed by atoms with Crippen LogP contribution in [0.15, 0.2) is 30.6 Å². The predicted octanol–water partition coefficient (Wildman–Crippen LogP) is 4.16. The van der Waals surface area contributed by atoms with Crippen LogP contribution in [0, 0.1) is 24.0 Å². The molecule has 0 aliphatic rings. The van der Waals surface area contributed by atoms with Gasteiger partial charge >= 0.3 is 5.69 Å². The summed E-state index contributed by atoms with van der Waals surface area (Å²) in [6.45, 7) is 5.64. The molecule has 29 heavy (non-hydrogen) atoms. The molecule has 1 amide bonds. The fourth-order valence-electron chi connectivity index (χ4n) is 2.82. The summed E-state index contributed by atoms with van der Waals surface area (Å²) in [5, 5.41) is 23.1. The lowest BCUT2D eigenvalue weighted by molar-refractivity contribution is -0.385. The van der Waals surface area contributed by atoms with E-state index in [0.29, 0.717) is 28.0 Å². The summed E-state index contributed by atoms with van der Waals surface area (Å²) in [5.41, 5.74) is 2.63. The van der Waals surface area contributed by atoms with Crippen LogP contribution in [0.4, 0.5) is 11.4 Å². The standard InChI is InChI=1S/C18H18Cl2N6O3/c1-10-17(22-18(27)12(3)24-9-15(7-21-24)26(28)29)11(2)25(23-10)8-13-4-5-14(19)6-16(13)20/h4-7,9,12H,8H2,1-3H3,(H,22,27). The van der Waals surface area contributed by atoms with Crippen molar-refractivity contribution < 1.29 is 9.72 Å². The van der Waals surface area contributed by atoms with Crippen LogP contribution in [0.3, 0.4) is 0 Å². The van der Waals surface area contributed by atoms with Gasteiger partial charge < -0.3 is 5.32 Å². The van der Waals surface area contributed by atoms with Crippen LogP contribution in [0.25, 0.3) is 0 Å². The fraction of sp³-hybridized carbons (Fsp3) is 0.278. The molecule has 3 rings (SSSR count). The van der Waals surface area contributed by atoms with Gasteiger partial charge in [0.15, 0.2) is 0 Å². The fourth-order valence-corrected chi connectivity index (χ4v) is 3.29. The Bertz CT molecular complexity index is 1090. The number of anilines is 1. The molecule has 2 heterocycles. The number of benzene rings is 1. The topological polar surface area (TPSA) is 108 Å². The van der Waals surface area contributed by atoms with E-state index in [9.17, 15) is 14.9 Å². The summed E-state index contributed by atoms with van der Waals surface area (Å²) in [7, 11) is 0. The second-order valence-electron chi connectivity index (χ2n) is 6.54. The molecule has 11 heteroatoms. The third-order valence-corrected chi connectivity index (χ3v) is 5.13. The van der Waals surface area contributed by atoms with Gasteiger partial charge in [-0.2, -0.15) is 10.2 Å². The van der Waals surface area contributed by atoms with E-state index in [2.05, 4.69) is 15.5 Å². The first kappa shape index (κ1) is 20.8. The zero-order chi connectivity index (χ0) is 21.3. The molecule has 0 spiro atoms. The number of nitrogens with one attached hydrogen (secondary N) is 1. The second kappa shape index (κ2) is 8.22. The second-order valence-corrected chi connectivity index (χ2v) is 7.38. The first-order valence-corrected chi connectivity index (χ1v) is 9.40. The van der Waals surface area contributed by atoms with Crippen LogP contribution >= 0.6 is 23.2 Å². The Morgan fingerprint density at radius 1 is 1.34 bits per heavy atom. The smallest absolute Gasteiger partial charge is 0.307 e. The number of nitro groups is 1. The highest BCUT2D eigenvalue weighted by atomic mass is 35.5. The molecule has 1 N–H and O–H groups in total. The Balaban J connectivity index is 1.78. The molecular weight excluding hydrogens is 419 g/mol. The van der Waals surface area contributed by atoms with Gasteiger partial charge in [-0.3, -0.25) is 24.3 Å². The van der Waals surface area contributed by atoms with Crippen LogP contribution in [0.1, 0.15) is 29.9 Å². The Kier molecular flexibility index (Phi) is 5.90. The molecular formula is C18H18Cl2N6O3. The van der Waals surface area contributed by atoms with Crippen LogP contribution in [-0.2, 0) is 11.3 Å². The number of nitrogens with zero attached hydrogens (tertiary/aromatic N) is 5. The SMILES string of the molecule is Cc1nn(Cc2ccc(Cl)cc2Cl)c(C)c1NC(=O)C(C)n1cc([N+](=O)[O-])cn1. The van der Waals surface area contributed by atoms with Crippen molar-refractivity contribution in [3.8, 4) is 0 Å². The molecule has 0 aliphatic heterocycles. The van der Waals surface area contributed by atoms with Gasteiger partial charge in [-0.1, -0.05) is 29.3 Å². The molecule has 0 saturated carbocycles. The van der Waals surface area contributed by atoms with Crippen molar-refractivity contribution in [3.05, 3.63) is 67.7 Å². The van der Waals surface area contributed by atoms with Crippen molar-refractivity contribution in [2.45, 2.75) is 33.4 Å². The van der Waals surface area contributed by atoms with Gasteiger partial charge in [-0.15, -0.1) is 0 Å². The van der Waals surface area contributed by atoms with E-state index in [1.54, 1.807) is 30.7 Å². The largest absolute Gasteiger partial charge is 0.321 e. The zero-order valence-electron chi connectivity index (χ0n) is 15.9.